The van der Waals surface area contributed by atoms with Crippen LogP contribution >= 0.6 is 27.5 Å². The van der Waals surface area contributed by atoms with Crippen LogP contribution in [0.3, 0.4) is 0 Å². The maximum Gasteiger partial charge on any atom is 0.122 e. The van der Waals surface area contributed by atoms with Gasteiger partial charge in [-0.1, -0.05) is 29.8 Å². The van der Waals surface area contributed by atoms with Crippen LogP contribution in [0.4, 0.5) is 0 Å². The molecule has 96 valence electrons. The molecule has 0 amide bonds. The number of aryl methyl sites for hydroxylation is 1. The molecule has 0 spiro atoms. The summed E-state index contributed by atoms with van der Waals surface area (Å²) < 4.78 is 2.51. The molecule has 2 rings (SSSR count). The number of nitrogens with zero attached hydrogens (tertiary/aromatic N) is 3. The van der Waals surface area contributed by atoms with Crippen molar-refractivity contribution in [1.82, 2.24) is 15.0 Å². The molecule has 1 aromatic heterocycles. The van der Waals surface area contributed by atoms with Gasteiger partial charge >= 0.3 is 0 Å². The summed E-state index contributed by atoms with van der Waals surface area (Å²) in [6.45, 7) is 2.78. The van der Waals surface area contributed by atoms with Crippen molar-refractivity contribution in [2.24, 2.45) is 0 Å². The second-order valence-corrected chi connectivity index (χ2v) is 5.22. The van der Waals surface area contributed by atoms with Crippen molar-refractivity contribution >= 4 is 27.5 Å². The Balaban J connectivity index is 2.32. The first-order chi connectivity index (χ1) is 8.63. The van der Waals surface area contributed by atoms with Crippen LogP contribution in [-0.4, -0.2) is 20.1 Å². The maximum atomic E-state index is 10.3. The van der Waals surface area contributed by atoms with Crippen LogP contribution in [0.2, 0.25) is 5.02 Å². The molecule has 0 aliphatic heterocycles. The number of benzene rings is 1. The van der Waals surface area contributed by atoms with E-state index in [1.165, 1.54) is 0 Å². The molecule has 2 aromatic rings. The molecule has 0 saturated heterocycles. The Hall–Kier alpha value is -0.910. The van der Waals surface area contributed by atoms with E-state index in [2.05, 4.69) is 26.2 Å². The van der Waals surface area contributed by atoms with Gasteiger partial charge in [0.15, 0.2) is 0 Å². The van der Waals surface area contributed by atoms with Gasteiger partial charge in [-0.25, -0.2) is 4.68 Å². The minimum absolute atomic E-state index is 0.570. The third-order valence-corrected chi connectivity index (χ3v) is 3.86. The first-order valence-electron chi connectivity index (χ1n) is 5.65. The molecule has 0 saturated carbocycles. The summed E-state index contributed by atoms with van der Waals surface area (Å²) >= 11 is 9.35. The molecule has 0 bridgehead atoms. The van der Waals surface area contributed by atoms with Crippen molar-refractivity contribution in [3.8, 4) is 0 Å². The first-order valence-corrected chi connectivity index (χ1v) is 6.82. The van der Waals surface area contributed by atoms with Crippen molar-refractivity contribution in [2.75, 3.05) is 0 Å². The van der Waals surface area contributed by atoms with E-state index < -0.39 is 6.10 Å². The second kappa shape index (κ2) is 5.82. The van der Waals surface area contributed by atoms with Crippen molar-refractivity contribution in [3.05, 3.63) is 45.1 Å². The summed E-state index contributed by atoms with van der Waals surface area (Å²) in [4.78, 5) is 0. The zero-order valence-corrected chi connectivity index (χ0v) is 12.2. The van der Waals surface area contributed by atoms with Gasteiger partial charge in [0, 0.05) is 11.0 Å². The number of aromatic nitrogens is 3. The van der Waals surface area contributed by atoms with Gasteiger partial charge in [0.05, 0.1) is 16.9 Å². The number of hydrogen-bond donors (Lipinski definition) is 1. The van der Waals surface area contributed by atoms with Crippen molar-refractivity contribution in [2.45, 2.75) is 26.0 Å². The highest BCUT2D eigenvalue weighted by Crippen LogP contribution is 2.28. The fourth-order valence-corrected chi connectivity index (χ4v) is 2.15. The lowest BCUT2D eigenvalue weighted by atomic mass is 10.1. The van der Waals surface area contributed by atoms with Gasteiger partial charge in [-0.3, -0.25) is 0 Å². The molecule has 0 aliphatic carbocycles. The Morgan fingerprint density at radius 1 is 1.50 bits per heavy atom. The smallest absolute Gasteiger partial charge is 0.122 e. The van der Waals surface area contributed by atoms with Crippen LogP contribution in [0.5, 0.6) is 0 Å². The molecular weight excluding hydrogens is 318 g/mol. The Kier molecular flexibility index (Phi) is 4.37. The SMILES string of the molecule is CCCn1nncc1C(O)c1ccc(Br)c(Cl)c1. The largest absolute Gasteiger partial charge is 0.382 e. The van der Waals surface area contributed by atoms with Crippen LogP contribution in [0, 0.1) is 0 Å². The highest BCUT2D eigenvalue weighted by molar-refractivity contribution is 9.10. The van der Waals surface area contributed by atoms with Gasteiger partial charge in [0.2, 0.25) is 0 Å². The molecule has 4 nitrogen and oxygen atoms in total. The predicted molar refractivity (Wildman–Crippen MR) is 73.5 cm³/mol. The van der Waals surface area contributed by atoms with E-state index in [1.54, 1.807) is 16.9 Å². The standard InChI is InChI=1S/C12H13BrClN3O/c1-2-5-17-11(7-15-16-17)12(18)8-3-4-9(13)10(14)6-8/h3-4,6-7,12,18H,2,5H2,1H3. The van der Waals surface area contributed by atoms with Gasteiger partial charge < -0.3 is 5.11 Å². The summed E-state index contributed by atoms with van der Waals surface area (Å²) in [6, 6.07) is 5.37. The van der Waals surface area contributed by atoms with E-state index in [0.717, 1.165) is 23.0 Å². The molecule has 6 heteroatoms. The number of hydrogen-bond acceptors (Lipinski definition) is 3. The van der Waals surface area contributed by atoms with Crippen molar-refractivity contribution in [3.63, 3.8) is 0 Å². The van der Waals surface area contributed by atoms with E-state index in [9.17, 15) is 5.11 Å². The van der Waals surface area contributed by atoms with E-state index in [1.807, 2.05) is 19.1 Å². The van der Waals surface area contributed by atoms with Crippen molar-refractivity contribution < 1.29 is 5.11 Å². The number of aliphatic hydroxyl groups excluding tert-OH is 1. The summed E-state index contributed by atoms with van der Waals surface area (Å²) in [5, 5.41) is 18.7. The van der Waals surface area contributed by atoms with Gasteiger partial charge in [0.25, 0.3) is 0 Å². The van der Waals surface area contributed by atoms with Gasteiger partial charge in [0.1, 0.15) is 6.10 Å². The van der Waals surface area contributed by atoms with Crippen LogP contribution in [0.25, 0.3) is 0 Å². The van der Waals surface area contributed by atoms with Gasteiger partial charge in [-0.15, -0.1) is 5.10 Å². The number of halogens is 2. The normalized spacial score (nSPS) is 12.7. The predicted octanol–water partition coefficient (Wildman–Crippen LogP) is 3.19. The molecule has 0 aliphatic rings. The highest BCUT2D eigenvalue weighted by atomic mass is 79.9. The Labute approximate surface area is 119 Å². The van der Waals surface area contributed by atoms with Crippen LogP contribution < -0.4 is 0 Å². The summed E-state index contributed by atoms with van der Waals surface area (Å²) in [5.74, 6) is 0. The van der Waals surface area contributed by atoms with Crippen LogP contribution in [0.15, 0.2) is 28.9 Å². The molecule has 0 fully saturated rings. The molecule has 1 unspecified atom stereocenters. The Morgan fingerprint density at radius 3 is 2.94 bits per heavy atom. The van der Waals surface area contributed by atoms with E-state index in [4.69, 9.17) is 11.6 Å². The van der Waals surface area contributed by atoms with Gasteiger partial charge in [-0.05, 0) is 40.0 Å². The second-order valence-electron chi connectivity index (χ2n) is 3.96. The van der Waals surface area contributed by atoms with Gasteiger partial charge in [-0.2, -0.15) is 0 Å². The third-order valence-electron chi connectivity index (χ3n) is 2.62. The average molecular weight is 331 g/mol. The molecular formula is C12H13BrClN3O. The number of rotatable bonds is 4. The molecule has 1 atom stereocenters. The first kappa shape index (κ1) is 13.5. The lowest BCUT2D eigenvalue weighted by Crippen LogP contribution is -2.10. The lowest BCUT2D eigenvalue weighted by Gasteiger charge is -2.13. The zero-order valence-electron chi connectivity index (χ0n) is 9.85. The summed E-state index contributed by atoms with van der Waals surface area (Å²) in [5.41, 5.74) is 1.40. The average Bonchev–Trinajstić information content (AvgIpc) is 2.80. The molecule has 1 N–H and O–H groups in total. The maximum absolute atomic E-state index is 10.3. The van der Waals surface area contributed by atoms with E-state index >= 15 is 0 Å². The molecule has 1 heterocycles. The Morgan fingerprint density at radius 2 is 2.28 bits per heavy atom. The Bertz CT molecular complexity index is 544. The minimum Gasteiger partial charge on any atom is -0.382 e. The molecule has 0 radical (unpaired) electrons. The summed E-state index contributed by atoms with van der Waals surface area (Å²) in [6.07, 6.45) is 1.75. The van der Waals surface area contributed by atoms with E-state index in [-0.39, 0.29) is 0 Å². The topological polar surface area (TPSA) is 50.9 Å². The highest BCUT2D eigenvalue weighted by Gasteiger charge is 2.16. The summed E-state index contributed by atoms with van der Waals surface area (Å²) in [7, 11) is 0. The molecule has 1 aromatic carbocycles. The minimum atomic E-state index is -0.767. The lowest BCUT2D eigenvalue weighted by molar-refractivity contribution is 0.207. The van der Waals surface area contributed by atoms with Crippen LogP contribution in [-0.2, 0) is 6.54 Å². The number of aliphatic hydroxyl groups is 1. The monoisotopic (exact) mass is 329 g/mol. The van der Waals surface area contributed by atoms with Crippen molar-refractivity contribution in [1.29, 1.82) is 0 Å². The van der Waals surface area contributed by atoms with Crippen LogP contribution in [0.1, 0.15) is 30.7 Å². The fraction of sp³-hybridized carbons (Fsp3) is 0.333. The molecule has 18 heavy (non-hydrogen) atoms. The fourth-order valence-electron chi connectivity index (χ4n) is 1.72. The van der Waals surface area contributed by atoms with E-state index in [0.29, 0.717) is 10.7 Å². The zero-order chi connectivity index (χ0) is 13.1. The quantitative estimate of drug-likeness (QED) is 0.936. The third kappa shape index (κ3) is 2.74.